The van der Waals surface area contributed by atoms with Crippen molar-refractivity contribution in [3.05, 3.63) is 41.4 Å². The number of allylic oxidation sites excluding steroid dienone is 2. The number of nitrogens with zero attached hydrogens (tertiary/aromatic N) is 1. The molecule has 2 aliphatic rings. The van der Waals surface area contributed by atoms with Crippen LogP contribution in [-0.2, 0) is 6.42 Å². The Morgan fingerprint density at radius 3 is 2.95 bits per heavy atom. The smallest absolute Gasteiger partial charge is 0.0951 e. The topological polar surface area (TPSA) is 24.9 Å². The maximum atomic E-state index is 4.71. The molecule has 1 N–H and O–H groups in total. The molecule has 0 radical (unpaired) electrons. The Hall–Kier alpha value is -1.19. The van der Waals surface area contributed by atoms with Gasteiger partial charge in [0, 0.05) is 19.0 Å². The van der Waals surface area contributed by atoms with Gasteiger partial charge in [0.1, 0.15) is 0 Å². The molecule has 2 nitrogen and oxygen atoms in total. The maximum absolute atomic E-state index is 4.71. The van der Waals surface area contributed by atoms with Gasteiger partial charge in [-0.1, -0.05) is 24.3 Å². The van der Waals surface area contributed by atoms with Crippen LogP contribution in [0.5, 0.6) is 0 Å². The van der Waals surface area contributed by atoms with E-state index in [2.05, 4.69) is 48.7 Å². The second kappa shape index (κ2) is 5.54. The lowest BCUT2D eigenvalue weighted by molar-refractivity contribution is 0.329. The Morgan fingerprint density at radius 1 is 1.29 bits per heavy atom. The predicted molar refractivity (Wildman–Crippen MR) is 89.6 cm³/mol. The minimum atomic E-state index is 0.624. The van der Waals surface area contributed by atoms with Gasteiger partial charge in [-0.3, -0.25) is 0 Å². The Balaban J connectivity index is 1.32. The zero-order valence-corrected chi connectivity index (χ0v) is 13.3. The molecule has 4 atom stereocenters. The van der Waals surface area contributed by atoms with Crippen molar-refractivity contribution >= 4 is 21.6 Å². The number of benzene rings is 1. The highest BCUT2D eigenvalue weighted by molar-refractivity contribution is 7.18. The number of hydrogen-bond donors (Lipinski definition) is 1. The van der Waals surface area contributed by atoms with Crippen LogP contribution in [0.1, 0.15) is 24.8 Å². The first kappa shape index (κ1) is 13.5. The van der Waals surface area contributed by atoms with Crippen molar-refractivity contribution in [2.45, 2.75) is 32.2 Å². The van der Waals surface area contributed by atoms with E-state index in [0.29, 0.717) is 6.04 Å². The number of aromatic nitrogens is 1. The van der Waals surface area contributed by atoms with Gasteiger partial charge in [0.15, 0.2) is 0 Å². The fourth-order valence-electron chi connectivity index (χ4n) is 3.98. The first-order valence-electron chi connectivity index (χ1n) is 8.06. The number of hydrogen-bond acceptors (Lipinski definition) is 3. The highest BCUT2D eigenvalue weighted by Gasteiger charge is 2.38. The first-order valence-corrected chi connectivity index (χ1v) is 8.87. The van der Waals surface area contributed by atoms with E-state index in [1.165, 1.54) is 22.5 Å². The predicted octanol–water partition coefficient (Wildman–Crippen LogP) is 4.03. The van der Waals surface area contributed by atoms with E-state index in [-0.39, 0.29) is 0 Å². The van der Waals surface area contributed by atoms with Crippen molar-refractivity contribution in [1.29, 1.82) is 0 Å². The Morgan fingerprint density at radius 2 is 2.19 bits per heavy atom. The molecule has 1 aromatic heterocycles. The third-order valence-corrected chi connectivity index (χ3v) is 6.21. The maximum Gasteiger partial charge on any atom is 0.0951 e. The van der Waals surface area contributed by atoms with Crippen LogP contribution < -0.4 is 5.32 Å². The van der Waals surface area contributed by atoms with Crippen LogP contribution in [0.2, 0.25) is 0 Å². The molecular formula is C18H22N2S. The van der Waals surface area contributed by atoms with Gasteiger partial charge in [-0.15, -0.1) is 11.3 Å². The number of thiazole rings is 1. The Labute approximate surface area is 130 Å². The van der Waals surface area contributed by atoms with Crippen LogP contribution in [0.3, 0.4) is 0 Å². The van der Waals surface area contributed by atoms with E-state index >= 15 is 0 Å². The Bertz CT molecular complexity index is 627. The average molecular weight is 298 g/mol. The van der Waals surface area contributed by atoms with E-state index in [1.807, 2.05) is 11.3 Å². The summed E-state index contributed by atoms with van der Waals surface area (Å²) in [6.07, 6.45) is 8.70. The minimum Gasteiger partial charge on any atom is -0.314 e. The molecule has 1 heterocycles. The standard InChI is InChI=1S/C18H22N2S/c1-12(15-11-13-6-7-14(15)10-13)19-9-8-18-20-16-4-2-3-5-17(16)21-18/h2-7,12-15,19H,8-11H2,1H3. The van der Waals surface area contributed by atoms with Crippen LogP contribution in [0, 0.1) is 17.8 Å². The summed E-state index contributed by atoms with van der Waals surface area (Å²) in [4.78, 5) is 4.71. The van der Waals surface area contributed by atoms with Gasteiger partial charge in [0.05, 0.1) is 15.2 Å². The second-order valence-electron chi connectivity index (χ2n) is 6.51. The van der Waals surface area contributed by atoms with Gasteiger partial charge >= 0.3 is 0 Å². The summed E-state index contributed by atoms with van der Waals surface area (Å²) in [5.74, 6) is 2.55. The number of nitrogens with one attached hydrogen (secondary N) is 1. The van der Waals surface area contributed by atoms with Crippen LogP contribution in [0.15, 0.2) is 36.4 Å². The molecule has 0 aliphatic heterocycles. The fourth-order valence-corrected chi connectivity index (χ4v) is 4.95. The highest BCUT2D eigenvalue weighted by atomic mass is 32.1. The molecule has 110 valence electrons. The lowest BCUT2D eigenvalue weighted by Crippen LogP contribution is -2.36. The molecule has 0 amide bonds. The van der Waals surface area contributed by atoms with Gasteiger partial charge in [0.25, 0.3) is 0 Å². The summed E-state index contributed by atoms with van der Waals surface area (Å²) < 4.78 is 1.30. The van der Waals surface area contributed by atoms with Crippen molar-refractivity contribution in [1.82, 2.24) is 10.3 Å². The molecule has 4 unspecified atom stereocenters. The third kappa shape index (κ3) is 2.65. The molecule has 2 bridgehead atoms. The van der Waals surface area contributed by atoms with Crippen molar-refractivity contribution in [3.8, 4) is 0 Å². The molecule has 3 heteroatoms. The summed E-state index contributed by atoms with van der Waals surface area (Å²) in [6.45, 7) is 3.40. The molecule has 2 aliphatic carbocycles. The molecule has 2 aromatic rings. The minimum absolute atomic E-state index is 0.624. The van der Waals surface area contributed by atoms with E-state index in [0.717, 1.165) is 36.2 Å². The zero-order valence-electron chi connectivity index (χ0n) is 12.5. The van der Waals surface area contributed by atoms with E-state index in [1.54, 1.807) is 0 Å². The van der Waals surface area contributed by atoms with Gasteiger partial charge in [-0.25, -0.2) is 4.98 Å². The van der Waals surface area contributed by atoms with Crippen LogP contribution in [-0.4, -0.2) is 17.6 Å². The lowest BCUT2D eigenvalue weighted by atomic mass is 9.87. The van der Waals surface area contributed by atoms with E-state index in [9.17, 15) is 0 Å². The quantitative estimate of drug-likeness (QED) is 0.843. The highest BCUT2D eigenvalue weighted by Crippen LogP contribution is 2.44. The summed E-state index contributed by atoms with van der Waals surface area (Å²) in [6, 6.07) is 9.04. The van der Waals surface area contributed by atoms with Gasteiger partial charge in [0.2, 0.25) is 0 Å². The molecular weight excluding hydrogens is 276 g/mol. The fraction of sp³-hybridized carbons (Fsp3) is 0.500. The number of para-hydroxylation sites is 1. The van der Waals surface area contributed by atoms with E-state index < -0.39 is 0 Å². The first-order chi connectivity index (χ1) is 10.3. The van der Waals surface area contributed by atoms with Gasteiger partial charge < -0.3 is 5.32 Å². The average Bonchev–Trinajstić information content (AvgIpc) is 3.21. The van der Waals surface area contributed by atoms with Gasteiger partial charge in [-0.05, 0) is 49.7 Å². The molecule has 1 fully saturated rings. The molecule has 0 spiro atoms. The van der Waals surface area contributed by atoms with Crippen molar-refractivity contribution < 1.29 is 0 Å². The zero-order chi connectivity index (χ0) is 14.2. The number of fused-ring (bicyclic) bond motifs is 3. The molecule has 1 saturated carbocycles. The molecule has 1 aromatic carbocycles. The third-order valence-electron chi connectivity index (χ3n) is 5.12. The monoisotopic (exact) mass is 298 g/mol. The van der Waals surface area contributed by atoms with E-state index in [4.69, 9.17) is 4.98 Å². The van der Waals surface area contributed by atoms with Crippen molar-refractivity contribution in [3.63, 3.8) is 0 Å². The normalized spacial score (nSPS) is 28.5. The van der Waals surface area contributed by atoms with Gasteiger partial charge in [-0.2, -0.15) is 0 Å². The summed E-state index contributed by atoms with van der Waals surface area (Å²) >= 11 is 1.83. The largest absolute Gasteiger partial charge is 0.314 e. The SMILES string of the molecule is CC(NCCc1nc2ccccc2s1)C1CC2C=CC1C2. The Kier molecular flexibility index (Phi) is 3.56. The molecule has 21 heavy (non-hydrogen) atoms. The number of rotatable bonds is 5. The van der Waals surface area contributed by atoms with Crippen molar-refractivity contribution in [2.24, 2.45) is 17.8 Å². The molecule has 0 saturated heterocycles. The lowest BCUT2D eigenvalue weighted by Gasteiger charge is -2.26. The van der Waals surface area contributed by atoms with Crippen LogP contribution in [0.25, 0.3) is 10.2 Å². The summed E-state index contributed by atoms with van der Waals surface area (Å²) in [5.41, 5.74) is 1.14. The summed E-state index contributed by atoms with van der Waals surface area (Å²) in [7, 11) is 0. The van der Waals surface area contributed by atoms with Crippen molar-refractivity contribution in [2.75, 3.05) is 6.54 Å². The second-order valence-corrected chi connectivity index (χ2v) is 7.63. The van der Waals surface area contributed by atoms with Crippen LogP contribution in [0.4, 0.5) is 0 Å². The summed E-state index contributed by atoms with van der Waals surface area (Å²) in [5, 5.41) is 4.99. The molecule has 4 rings (SSSR count). The van der Waals surface area contributed by atoms with Crippen LogP contribution >= 0.6 is 11.3 Å².